The molecule has 0 heterocycles. The molecule has 3 heteroatoms. The summed E-state index contributed by atoms with van der Waals surface area (Å²) in [5.41, 5.74) is 9.53. The van der Waals surface area contributed by atoms with Crippen molar-refractivity contribution in [3.63, 3.8) is 0 Å². The SMILES string of the molecule is CCCC(C)C(=O)Nc1cc(C)c(C)cc1N. The molecule has 1 atom stereocenters. The van der Waals surface area contributed by atoms with E-state index >= 15 is 0 Å². The molecule has 0 aromatic heterocycles. The Hall–Kier alpha value is -1.51. The molecule has 0 fully saturated rings. The Morgan fingerprint density at radius 2 is 1.94 bits per heavy atom. The fourth-order valence-electron chi connectivity index (χ4n) is 1.77. The maximum absolute atomic E-state index is 11.9. The topological polar surface area (TPSA) is 55.1 Å². The number of benzene rings is 1. The molecular weight excluding hydrogens is 212 g/mol. The lowest BCUT2D eigenvalue weighted by molar-refractivity contribution is -0.119. The number of nitrogens with two attached hydrogens (primary N) is 1. The first-order chi connectivity index (χ1) is 7.95. The monoisotopic (exact) mass is 234 g/mol. The van der Waals surface area contributed by atoms with Gasteiger partial charge >= 0.3 is 0 Å². The molecule has 0 radical (unpaired) electrons. The summed E-state index contributed by atoms with van der Waals surface area (Å²) in [6, 6.07) is 3.83. The summed E-state index contributed by atoms with van der Waals surface area (Å²) in [5.74, 6) is 0.0720. The van der Waals surface area contributed by atoms with Gasteiger partial charge in [-0.15, -0.1) is 0 Å². The smallest absolute Gasteiger partial charge is 0.227 e. The molecule has 17 heavy (non-hydrogen) atoms. The minimum absolute atomic E-state index is 0.0287. The van der Waals surface area contributed by atoms with E-state index in [0.29, 0.717) is 5.69 Å². The average Bonchev–Trinajstić information content (AvgIpc) is 2.26. The van der Waals surface area contributed by atoms with Crippen molar-refractivity contribution in [1.29, 1.82) is 0 Å². The van der Waals surface area contributed by atoms with Crippen LogP contribution in [0.1, 0.15) is 37.8 Å². The van der Waals surface area contributed by atoms with E-state index in [9.17, 15) is 4.79 Å². The lowest BCUT2D eigenvalue weighted by Crippen LogP contribution is -2.21. The van der Waals surface area contributed by atoms with Gasteiger partial charge in [-0.1, -0.05) is 20.3 Å². The van der Waals surface area contributed by atoms with E-state index in [4.69, 9.17) is 5.73 Å². The second kappa shape index (κ2) is 5.71. The van der Waals surface area contributed by atoms with Crippen molar-refractivity contribution in [1.82, 2.24) is 0 Å². The zero-order chi connectivity index (χ0) is 13.0. The number of nitrogen functional groups attached to an aromatic ring is 1. The number of carbonyl (C=O) groups is 1. The molecule has 0 aliphatic heterocycles. The molecule has 0 spiro atoms. The minimum Gasteiger partial charge on any atom is -0.397 e. The van der Waals surface area contributed by atoms with Crippen molar-refractivity contribution in [3.05, 3.63) is 23.3 Å². The van der Waals surface area contributed by atoms with Gasteiger partial charge in [0.2, 0.25) is 5.91 Å². The number of aryl methyl sites for hydroxylation is 2. The van der Waals surface area contributed by atoms with Gasteiger partial charge in [-0.2, -0.15) is 0 Å². The van der Waals surface area contributed by atoms with Crippen LogP contribution in [0.5, 0.6) is 0 Å². The van der Waals surface area contributed by atoms with Crippen molar-refractivity contribution in [2.24, 2.45) is 5.92 Å². The van der Waals surface area contributed by atoms with E-state index in [2.05, 4.69) is 12.2 Å². The van der Waals surface area contributed by atoms with Gasteiger partial charge in [0.25, 0.3) is 0 Å². The first kappa shape index (κ1) is 13.6. The molecule has 0 saturated carbocycles. The lowest BCUT2D eigenvalue weighted by Gasteiger charge is -2.14. The zero-order valence-corrected chi connectivity index (χ0v) is 11.1. The predicted octanol–water partition coefficient (Wildman–Crippen LogP) is 3.26. The number of amides is 1. The van der Waals surface area contributed by atoms with Gasteiger partial charge in [0.15, 0.2) is 0 Å². The molecule has 0 bridgehead atoms. The van der Waals surface area contributed by atoms with Crippen LogP contribution in [0.2, 0.25) is 0 Å². The van der Waals surface area contributed by atoms with Gasteiger partial charge in [0, 0.05) is 5.92 Å². The molecule has 1 aromatic carbocycles. The molecule has 0 aliphatic carbocycles. The Morgan fingerprint density at radius 1 is 1.35 bits per heavy atom. The first-order valence-corrected chi connectivity index (χ1v) is 6.13. The number of hydrogen-bond acceptors (Lipinski definition) is 2. The molecule has 3 N–H and O–H groups in total. The molecule has 0 aliphatic rings. The third-order valence-corrected chi connectivity index (χ3v) is 3.09. The van der Waals surface area contributed by atoms with E-state index in [-0.39, 0.29) is 11.8 Å². The zero-order valence-electron chi connectivity index (χ0n) is 11.1. The van der Waals surface area contributed by atoms with Crippen LogP contribution in [0.25, 0.3) is 0 Å². The quantitative estimate of drug-likeness (QED) is 0.786. The van der Waals surface area contributed by atoms with Crippen molar-refractivity contribution in [2.45, 2.75) is 40.5 Å². The molecule has 1 amide bonds. The van der Waals surface area contributed by atoms with Gasteiger partial charge in [-0.3, -0.25) is 4.79 Å². The van der Waals surface area contributed by atoms with Crippen molar-refractivity contribution in [2.75, 3.05) is 11.1 Å². The summed E-state index contributed by atoms with van der Waals surface area (Å²) in [6.45, 7) is 8.04. The number of rotatable bonds is 4. The largest absolute Gasteiger partial charge is 0.397 e. The number of nitrogens with one attached hydrogen (secondary N) is 1. The maximum Gasteiger partial charge on any atom is 0.227 e. The van der Waals surface area contributed by atoms with Gasteiger partial charge in [0.1, 0.15) is 0 Å². The van der Waals surface area contributed by atoms with Crippen LogP contribution in [-0.4, -0.2) is 5.91 Å². The second-order valence-electron chi connectivity index (χ2n) is 4.70. The first-order valence-electron chi connectivity index (χ1n) is 6.13. The summed E-state index contributed by atoms with van der Waals surface area (Å²) >= 11 is 0. The van der Waals surface area contributed by atoms with Crippen LogP contribution in [0.3, 0.4) is 0 Å². The Kier molecular flexibility index (Phi) is 4.55. The van der Waals surface area contributed by atoms with E-state index in [1.165, 1.54) is 0 Å². The van der Waals surface area contributed by atoms with E-state index < -0.39 is 0 Å². The Bertz CT molecular complexity index is 413. The van der Waals surface area contributed by atoms with Gasteiger partial charge in [0.05, 0.1) is 11.4 Å². The minimum atomic E-state index is 0.0287. The normalized spacial score (nSPS) is 12.2. The van der Waals surface area contributed by atoms with Crippen molar-refractivity contribution < 1.29 is 4.79 Å². The number of anilines is 2. The van der Waals surface area contributed by atoms with Gasteiger partial charge in [-0.05, 0) is 43.5 Å². The molecule has 1 unspecified atom stereocenters. The highest BCUT2D eigenvalue weighted by Gasteiger charge is 2.13. The van der Waals surface area contributed by atoms with Crippen molar-refractivity contribution in [3.8, 4) is 0 Å². The van der Waals surface area contributed by atoms with Crippen LogP contribution in [0.15, 0.2) is 12.1 Å². The van der Waals surface area contributed by atoms with Crippen molar-refractivity contribution >= 4 is 17.3 Å². The number of hydrogen-bond donors (Lipinski definition) is 2. The fourth-order valence-corrected chi connectivity index (χ4v) is 1.77. The Morgan fingerprint density at radius 3 is 2.53 bits per heavy atom. The number of carbonyl (C=O) groups excluding carboxylic acids is 1. The van der Waals surface area contributed by atoms with Gasteiger partial charge in [-0.25, -0.2) is 0 Å². The highest BCUT2D eigenvalue weighted by molar-refractivity contribution is 5.95. The lowest BCUT2D eigenvalue weighted by atomic mass is 10.0. The van der Waals surface area contributed by atoms with E-state index in [1.54, 1.807) is 0 Å². The van der Waals surface area contributed by atoms with E-state index in [0.717, 1.165) is 29.7 Å². The Balaban J connectivity index is 2.81. The highest BCUT2D eigenvalue weighted by Crippen LogP contribution is 2.23. The van der Waals surface area contributed by atoms with Crippen LogP contribution in [-0.2, 0) is 4.79 Å². The predicted molar refractivity (Wildman–Crippen MR) is 73.0 cm³/mol. The third kappa shape index (κ3) is 3.48. The third-order valence-electron chi connectivity index (χ3n) is 3.09. The molecule has 3 nitrogen and oxygen atoms in total. The summed E-state index contributed by atoms with van der Waals surface area (Å²) in [6.07, 6.45) is 1.91. The highest BCUT2D eigenvalue weighted by atomic mass is 16.1. The summed E-state index contributed by atoms with van der Waals surface area (Å²) < 4.78 is 0. The molecule has 0 saturated heterocycles. The maximum atomic E-state index is 11.9. The molecule has 94 valence electrons. The molecular formula is C14H22N2O. The molecule has 1 rings (SSSR count). The van der Waals surface area contributed by atoms with Crippen LogP contribution in [0.4, 0.5) is 11.4 Å². The summed E-state index contributed by atoms with van der Waals surface area (Å²) in [7, 11) is 0. The van der Waals surface area contributed by atoms with E-state index in [1.807, 2.05) is 32.9 Å². The van der Waals surface area contributed by atoms with Gasteiger partial charge < -0.3 is 11.1 Å². The second-order valence-corrected chi connectivity index (χ2v) is 4.70. The fraction of sp³-hybridized carbons (Fsp3) is 0.500. The van der Waals surface area contributed by atoms with Crippen LogP contribution < -0.4 is 11.1 Å². The Labute approximate surface area is 103 Å². The average molecular weight is 234 g/mol. The summed E-state index contributed by atoms with van der Waals surface area (Å²) in [4.78, 5) is 11.9. The van der Waals surface area contributed by atoms with Crippen LogP contribution in [0, 0.1) is 19.8 Å². The van der Waals surface area contributed by atoms with Crippen LogP contribution >= 0.6 is 0 Å². The summed E-state index contributed by atoms with van der Waals surface area (Å²) in [5, 5.41) is 2.90. The standard InChI is InChI=1S/C14H22N2O/c1-5-6-9(2)14(17)16-13-8-11(4)10(3)7-12(13)15/h7-9H,5-6,15H2,1-4H3,(H,16,17). The molecule has 1 aromatic rings.